The van der Waals surface area contributed by atoms with Crippen molar-refractivity contribution in [2.45, 2.75) is 25.4 Å². The molecule has 5 nitrogen and oxygen atoms in total. The second-order valence-electron chi connectivity index (χ2n) is 6.29. The summed E-state index contributed by atoms with van der Waals surface area (Å²) in [6.45, 7) is 2.36. The third kappa shape index (κ3) is 3.64. The van der Waals surface area contributed by atoms with Gasteiger partial charge in [-0.05, 0) is 42.2 Å². The Labute approximate surface area is 160 Å². The van der Waals surface area contributed by atoms with Crippen molar-refractivity contribution in [1.82, 2.24) is 4.90 Å². The van der Waals surface area contributed by atoms with Gasteiger partial charge in [-0.1, -0.05) is 30.3 Å². The molecule has 2 N–H and O–H groups in total. The van der Waals surface area contributed by atoms with Crippen LogP contribution in [-0.2, 0) is 11.2 Å². The van der Waals surface area contributed by atoms with Crippen molar-refractivity contribution in [1.29, 1.82) is 0 Å². The van der Waals surface area contributed by atoms with Gasteiger partial charge in [0.15, 0.2) is 11.5 Å². The van der Waals surface area contributed by atoms with Gasteiger partial charge in [0, 0.05) is 6.54 Å². The van der Waals surface area contributed by atoms with Gasteiger partial charge in [0.1, 0.15) is 0 Å². The maximum absolute atomic E-state index is 12.7. The Morgan fingerprint density at radius 1 is 1.15 bits per heavy atom. The lowest BCUT2D eigenvalue weighted by Gasteiger charge is -2.39. The summed E-state index contributed by atoms with van der Waals surface area (Å²) in [6.07, 6.45) is 0.761. The topological polar surface area (TPSA) is 64.8 Å². The normalized spacial score (nSPS) is 16.9. The monoisotopic (exact) mass is 376 g/mol. The van der Waals surface area contributed by atoms with Crippen LogP contribution < -0.4 is 15.2 Å². The lowest BCUT2D eigenvalue weighted by atomic mass is 9.87. The highest BCUT2D eigenvalue weighted by Crippen LogP contribution is 2.41. The predicted octanol–water partition coefficient (Wildman–Crippen LogP) is 2.95. The van der Waals surface area contributed by atoms with Gasteiger partial charge in [0.05, 0.1) is 26.3 Å². The average Bonchev–Trinajstić information content (AvgIpc) is 2.65. The molecule has 2 atom stereocenters. The minimum atomic E-state index is -0.534. The molecule has 0 radical (unpaired) electrons. The number of halogens is 1. The second kappa shape index (κ2) is 8.43. The van der Waals surface area contributed by atoms with E-state index in [4.69, 9.17) is 15.2 Å². The smallest absolute Gasteiger partial charge is 0.239 e. The van der Waals surface area contributed by atoms with Gasteiger partial charge in [-0.3, -0.25) is 4.79 Å². The molecule has 0 saturated heterocycles. The highest BCUT2D eigenvalue weighted by Gasteiger charge is 2.34. The van der Waals surface area contributed by atoms with Gasteiger partial charge in [0.25, 0.3) is 0 Å². The summed E-state index contributed by atoms with van der Waals surface area (Å²) in [4.78, 5) is 14.6. The van der Waals surface area contributed by atoms with Crippen molar-refractivity contribution in [3.8, 4) is 11.5 Å². The number of methoxy groups -OCH3 is 2. The molecule has 1 amide bonds. The minimum Gasteiger partial charge on any atom is -0.493 e. The van der Waals surface area contributed by atoms with Gasteiger partial charge in [0.2, 0.25) is 5.91 Å². The number of amides is 1. The van der Waals surface area contributed by atoms with Crippen molar-refractivity contribution in [3.05, 3.63) is 59.2 Å². The van der Waals surface area contributed by atoms with Crippen LogP contribution in [-0.4, -0.2) is 37.6 Å². The number of fused-ring (bicyclic) bond motifs is 1. The summed E-state index contributed by atoms with van der Waals surface area (Å²) in [7, 11) is 3.25. The van der Waals surface area contributed by atoms with Crippen LogP contribution in [0.25, 0.3) is 0 Å². The quantitative estimate of drug-likeness (QED) is 0.891. The molecule has 26 heavy (non-hydrogen) atoms. The molecule has 1 aliphatic rings. The molecule has 0 spiro atoms. The lowest BCUT2D eigenvalue weighted by Crippen LogP contribution is -2.47. The van der Waals surface area contributed by atoms with Crippen LogP contribution in [0, 0.1) is 0 Å². The zero-order valence-corrected chi connectivity index (χ0v) is 16.1. The van der Waals surface area contributed by atoms with Crippen molar-refractivity contribution < 1.29 is 14.3 Å². The first-order valence-corrected chi connectivity index (χ1v) is 8.42. The molecule has 140 valence electrons. The van der Waals surface area contributed by atoms with E-state index >= 15 is 0 Å². The molecule has 1 aliphatic heterocycles. The number of ether oxygens (including phenoxy) is 2. The molecule has 6 heteroatoms. The van der Waals surface area contributed by atoms with Crippen LogP contribution in [0.5, 0.6) is 11.5 Å². The van der Waals surface area contributed by atoms with Crippen molar-refractivity contribution >= 4 is 18.3 Å². The molecule has 1 unspecified atom stereocenters. The van der Waals surface area contributed by atoms with E-state index in [0.29, 0.717) is 18.0 Å². The molecule has 3 rings (SSSR count). The van der Waals surface area contributed by atoms with Crippen LogP contribution in [0.2, 0.25) is 0 Å². The molecule has 2 aromatic carbocycles. The van der Waals surface area contributed by atoms with E-state index in [9.17, 15) is 4.79 Å². The summed E-state index contributed by atoms with van der Waals surface area (Å²) >= 11 is 0. The van der Waals surface area contributed by atoms with E-state index in [-0.39, 0.29) is 24.4 Å². The Hall–Kier alpha value is -2.24. The highest BCUT2D eigenvalue weighted by molar-refractivity contribution is 5.85. The Morgan fingerprint density at radius 3 is 2.35 bits per heavy atom. The average molecular weight is 377 g/mol. The summed E-state index contributed by atoms with van der Waals surface area (Å²) in [5.74, 6) is 1.33. The summed E-state index contributed by atoms with van der Waals surface area (Å²) in [6, 6.07) is 13.3. The molecular weight excluding hydrogens is 352 g/mol. The Bertz CT molecular complexity index is 765. The summed E-state index contributed by atoms with van der Waals surface area (Å²) in [5, 5.41) is 0. The van der Waals surface area contributed by atoms with Gasteiger partial charge >= 0.3 is 0 Å². The molecule has 0 saturated carbocycles. The summed E-state index contributed by atoms with van der Waals surface area (Å²) < 4.78 is 10.9. The number of hydrogen-bond donors (Lipinski definition) is 1. The van der Waals surface area contributed by atoms with Crippen LogP contribution >= 0.6 is 12.4 Å². The molecule has 1 heterocycles. The van der Waals surface area contributed by atoms with Crippen LogP contribution in [0.1, 0.15) is 29.7 Å². The van der Waals surface area contributed by atoms with E-state index < -0.39 is 6.04 Å². The number of carbonyl (C=O) groups is 1. The standard InChI is InChI=1S/C20H24N2O3.ClH/c1-13(21)20(23)22-10-9-15-11-17(24-2)18(25-3)12-16(15)19(22)14-7-5-4-6-8-14;/h4-8,11-13,19H,9-10,21H2,1-3H3;1H/t13-,19?;/m0./s1. The highest BCUT2D eigenvalue weighted by atomic mass is 35.5. The molecule has 2 aromatic rings. The fourth-order valence-corrected chi connectivity index (χ4v) is 3.44. The molecule has 0 fully saturated rings. The largest absolute Gasteiger partial charge is 0.493 e. The number of carbonyl (C=O) groups excluding carboxylic acids is 1. The van der Waals surface area contributed by atoms with Crippen LogP contribution in [0.3, 0.4) is 0 Å². The first kappa shape index (κ1) is 20.1. The number of benzene rings is 2. The SMILES string of the molecule is COc1cc2c(cc1OC)C(c1ccccc1)N(C(=O)[C@H](C)N)CC2.Cl. The molecular formula is C20H25ClN2O3. The minimum absolute atomic E-state index is 0. The van der Waals surface area contributed by atoms with E-state index in [1.807, 2.05) is 47.4 Å². The van der Waals surface area contributed by atoms with Crippen molar-refractivity contribution in [2.24, 2.45) is 5.73 Å². The number of nitrogens with two attached hydrogens (primary N) is 1. The number of rotatable bonds is 4. The Kier molecular flexibility index (Phi) is 6.51. The van der Waals surface area contributed by atoms with Crippen molar-refractivity contribution in [2.75, 3.05) is 20.8 Å². The van der Waals surface area contributed by atoms with Gasteiger partial charge in [-0.2, -0.15) is 0 Å². The Balaban J connectivity index is 0.00000243. The number of hydrogen-bond acceptors (Lipinski definition) is 4. The third-order valence-corrected chi connectivity index (χ3v) is 4.66. The van der Waals surface area contributed by atoms with Gasteiger partial charge in [-0.25, -0.2) is 0 Å². The van der Waals surface area contributed by atoms with Crippen LogP contribution in [0.15, 0.2) is 42.5 Å². The first-order chi connectivity index (χ1) is 12.1. The third-order valence-electron chi connectivity index (χ3n) is 4.66. The lowest BCUT2D eigenvalue weighted by molar-refractivity contribution is -0.134. The predicted molar refractivity (Wildman–Crippen MR) is 104 cm³/mol. The first-order valence-electron chi connectivity index (χ1n) is 8.42. The molecule has 0 aromatic heterocycles. The number of nitrogens with zero attached hydrogens (tertiary/aromatic N) is 1. The summed E-state index contributed by atoms with van der Waals surface area (Å²) in [5.41, 5.74) is 9.18. The maximum Gasteiger partial charge on any atom is 0.239 e. The van der Waals surface area contributed by atoms with E-state index in [0.717, 1.165) is 17.5 Å². The van der Waals surface area contributed by atoms with E-state index in [1.165, 1.54) is 5.56 Å². The van der Waals surface area contributed by atoms with E-state index in [1.54, 1.807) is 21.1 Å². The fourth-order valence-electron chi connectivity index (χ4n) is 3.44. The Morgan fingerprint density at radius 2 is 1.77 bits per heavy atom. The second-order valence-corrected chi connectivity index (χ2v) is 6.29. The van der Waals surface area contributed by atoms with E-state index in [2.05, 4.69) is 0 Å². The van der Waals surface area contributed by atoms with Crippen molar-refractivity contribution in [3.63, 3.8) is 0 Å². The van der Waals surface area contributed by atoms with Crippen LogP contribution in [0.4, 0.5) is 0 Å². The maximum atomic E-state index is 12.7. The fraction of sp³-hybridized carbons (Fsp3) is 0.350. The zero-order chi connectivity index (χ0) is 18.0. The molecule has 0 aliphatic carbocycles. The van der Waals surface area contributed by atoms with Gasteiger partial charge in [-0.15, -0.1) is 12.4 Å². The zero-order valence-electron chi connectivity index (χ0n) is 15.3. The van der Waals surface area contributed by atoms with Gasteiger partial charge < -0.3 is 20.1 Å². The molecule has 0 bridgehead atoms.